The summed E-state index contributed by atoms with van der Waals surface area (Å²) in [5, 5.41) is 0.0963. The van der Waals surface area contributed by atoms with Gasteiger partial charge in [0.15, 0.2) is 16.6 Å². The van der Waals surface area contributed by atoms with Gasteiger partial charge in [0, 0.05) is 46.3 Å². The van der Waals surface area contributed by atoms with E-state index in [9.17, 15) is 4.79 Å². The lowest BCUT2D eigenvalue weighted by atomic mass is 9.84. The zero-order valence-corrected chi connectivity index (χ0v) is 34.3. The first-order chi connectivity index (χ1) is 20.8. The molecule has 0 bridgehead atoms. The van der Waals surface area contributed by atoms with Crippen LogP contribution in [0.2, 0.25) is 36.3 Å². The maximum Gasteiger partial charge on any atom is 0.337 e. The molecule has 0 amide bonds. The van der Waals surface area contributed by atoms with Crippen LogP contribution in [0.5, 0.6) is 0 Å². The second-order valence-corrected chi connectivity index (χ2v) is 26.0. The molecule has 1 aliphatic heterocycles. The number of ether oxygens (including phenoxy) is 5. The zero-order valence-electron chi connectivity index (χ0n) is 32.3. The number of esters is 1. The molecule has 0 aromatic heterocycles. The van der Waals surface area contributed by atoms with Crippen molar-refractivity contribution < 1.29 is 37.3 Å². The van der Waals surface area contributed by atoms with E-state index in [2.05, 4.69) is 101 Å². The molecule has 0 aromatic rings. The average Bonchev–Trinajstić information content (AvgIpc) is 2.88. The quantitative estimate of drug-likeness (QED) is 0.0612. The summed E-state index contributed by atoms with van der Waals surface area (Å²) < 4.78 is 43.1. The summed E-state index contributed by atoms with van der Waals surface area (Å²) >= 11 is 0. The molecule has 10 heteroatoms. The van der Waals surface area contributed by atoms with Crippen molar-refractivity contribution in [2.45, 2.75) is 155 Å². The van der Waals surface area contributed by atoms with Crippen LogP contribution in [0.15, 0.2) is 36.1 Å². The van der Waals surface area contributed by atoms with Gasteiger partial charge in [0.25, 0.3) is 0 Å². The largest absolute Gasteiger partial charge is 0.457 e. The highest BCUT2D eigenvalue weighted by atomic mass is 28.4. The van der Waals surface area contributed by atoms with Gasteiger partial charge in [-0.15, -0.1) is 6.58 Å². The van der Waals surface area contributed by atoms with Crippen molar-refractivity contribution in [3.8, 4) is 0 Å². The van der Waals surface area contributed by atoms with Gasteiger partial charge >= 0.3 is 5.97 Å². The van der Waals surface area contributed by atoms with E-state index in [0.29, 0.717) is 12.2 Å². The normalized spacial score (nSPS) is 20.5. The molecule has 268 valence electrons. The fourth-order valence-corrected chi connectivity index (χ4v) is 7.81. The van der Waals surface area contributed by atoms with E-state index >= 15 is 0 Å². The highest BCUT2D eigenvalue weighted by Gasteiger charge is 2.45. The number of rotatable bonds is 18. The van der Waals surface area contributed by atoms with Crippen LogP contribution in [0.3, 0.4) is 0 Å². The Morgan fingerprint density at radius 2 is 1.50 bits per heavy atom. The average molecular weight is 685 g/mol. The fourth-order valence-electron chi connectivity index (χ4n) is 5.06. The Bertz CT molecular complexity index is 1050. The Labute approximate surface area is 283 Å². The van der Waals surface area contributed by atoms with Gasteiger partial charge in [-0.3, -0.25) is 0 Å². The molecule has 0 spiro atoms. The number of carbonyl (C=O) groups is 1. The van der Waals surface area contributed by atoms with Crippen molar-refractivity contribution in [2.75, 3.05) is 21.0 Å². The predicted octanol–water partition coefficient (Wildman–Crippen LogP) is 9.15. The molecule has 0 fully saturated rings. The molecule has 0 radical (unpaired) electrons. The van der Waals surface area contributed by atoms with Crippen molar-refractivity contribution in [3.63, 3.8) is 0 Å². The molecule has 0 saturated heterocycles. The van der Waals surface area contributed by atoms with Gasteiger partial charge in [-0.25, -0.2) is 4.79 Å². The Morgan fingerprint density at radius 1 is 0.957 bits per heavy atom. The lowest BCUT2D eigenvalue weighted by molar-refractivity contribution is -0.208. The smallest absolute Gasteiger partial charge is 0.337 e. The van der Waals surface area contributed by atoms with Crippen LogP contribution in [0.4, 0.5) is 0 Å². The van der Waals surface area contributed by atoms with Gasteiger partial charge in [0.05, 0.1) is 30.5 Å². The molecule has 0 aliphatic carbocycles. The first-order valence-electron chi connectivity index (χ1n) is 16.7. The third kappa shape index (κ3) is 12.6. The van der Waals surface area contributed by atoms with E-state index in [4.69, 9.17) is 32.5 Å². The molecule has 1 rings (SSSR count). The topological polar surface area (TPSA) is 81.7 Å². The summed E-state index contributed by atoms with van der Waals surface area (Å²) in [6, 6.07) is 0. The highest BCUT2D eigenvalue weighted by molar-refractivity contribution is 6.74. The van der Waals surface area contributed by atoms with Crippen LogP contribution < -0.4 is 0 Å². The molecule has 0 aromatic carbocycles. The molecular weight excluding hydrogens is 617 g/mol. The molecule has 1 aliphatic rings. The lowest BCUT2D eigenvalue weighted by Crippen LogP contribution is -2.51. The SMILES string of the molecule is C=C[C@@H](C/C(C)=C/[C@@H](OC)[C@@H](C)[C@H](O[Si](C)(C)C(C)(C)C)[C@H](C)[C@H](CC1=CC(=O)OC(C)(C)O1)OCOC)O[Si](C)(C)C(C)(C)C. The molecule has 0 saturated carbocycles. The second kappa shape index (κ2) is 16.9. The third-order valence-corrected chi connectivity index (χ3v) is 18.9. The van der Waals surface area contributed by atoms with Crippen molar-refractivity contribution in [2.24, 2.45) is 11.8 Å². The summed E-state index contributed by atoms with van der Waals surface area (Å²) in [6.45, 7) is 36.7. The number of hydrogen-bond acceptors (Lipinski definition) is 8. The van der Waals surface area contributed by atoms with Gasteiger partial charge in [-0.2, -0.15) is 0 Å². The molecule has 0 unspecified atom stereocenters. The Hall–Kier alpha value is -1.28. The van der Waals surface area contributed by atoms with Gasteiger partial charge in [-0.1, -0.05) is 73.1 Å². The monoisotopic (exact) mass is 684 g/mol. The summed E-state index contributed by atoms with van der Waals surface area (Å²) in [7, 11) is -0.861. The molecule has 8 nitrogen and oxygen atoms in total. The standard InChI is InChI=1S/C36H68O8Si2/c1-19-28(43-45(15,16)34(5,6)7)20-25(2)21-30(39-14)26(3)33(44-46(17,18)35(8,9)10)27(4)31(40-24-38-13)22-29-23-32(37)42-36(11,12)41-29/h19,21,23,26-28,30-31,33H,1,20,22,24H2,2-18H3/b25-21+/t26-,27-,28+,30-,31+,33+/m1/s1. The van der Waals surface area contributed by atoms with E-state index in [-0.39, 0.29) is 53.1 Å². The molecular formula is C36H68O8Si2. The third-order valence-electron chi connectivity index (χ3n) is 9.94. The first-order valence-corrected chi connectivity index (χ1v) is 22.5. The highest BCUT2D eigenvalue weighted by Crippen LogP contribution is 2.42. The number of cyclic esters (lactones) is 1. The zero-order chi connectivity index (χ0) is 35.9. The number of methoxy groups -OCH3 is 2. The van der Waals surface area contributed by atoms with E-state index in [0.717, 1.165) is 6.42 Å². The van der Waals surface area contributed by atoms with Gasteiger partial charge < -0.3 is 32.5 Å². The first kappa shape index (κ1) is 42.7. The van der Waals surface area contributed by atoms with Crippen LogP contribution in [-0.4, -0.2) is 73.8 Å². The van der Waals surface area contributed by atoms with E-state index in [1.165, 1.54) is 11.6 Å². The molecule has 0 N–H and O–H groups in total. The van der Waals surface area contributed by atoms with E-state index in [1.807, 2.05) is 6.08 Å². The summed E-state index contributed by atoms with van der Waals surface area (Å²) in [4.78, 5) is 12.3. The number of hydrogen-bond donors (Lipinski definition) is 0. The van der Waals surface area contributed by atoms with E-state index < -0.39 is 28.4 Å². The van der Waals surface area contributed by atoms with Gasteiger partial charge in [0.1, 0.15) is 12.6 Å². The van der Waals surface area contributed by atoms with Gasteiger partial charge in [0.2, 0.25) is 5.79 Å². The van der Waals surface area contributed by atoms with Crippen molar-refractivity contribution in [1.29, 1.82) is 0 Å². The van der Waals surface area contributed by atoms with Crippen LogP contribution in [0, 0.1) is 11.8 Å². The summed E-state index contributed by atoms with van der Waals surface area (Å²) in [5.74, 6) is -1.11. The van der Waals surface area contributed by atoms with Gasteiger partial charge in [-0.05, 0) is 49.6 Å². The Morgan fingerprint density at radius 3 is 1.96 bits per heavy atom. The molecule has 46 heavy (non-hydrogen) atoms. The minimum Gasteiger partial charge on any atom is -0.457 e. The number of carbonyl (C=O) groups excluding carboxylic acids is 1. The van der Waals surface area contributed by atoms with Crippen LogP contribution >= 0.6 is 0 Å². The fraction of sp³-hybridized carbons (Fsp3) is 0.806. The minimum atomic E-state index is -2.24. The van der Waals surface area contributed by atoms with E-state index in [1.54, 1.807) is 28.1 Å². The maximum absolute atomic E-state index is 12.3. The summed E-state index contributed by atoms with van der Waals surface area (Å²) in [6.07, 6.45) is 5.74. The lowest BCUT2D eigenvalue weighted by Gasteiger charge is -2.45. The summed E-state index contributed by atoms with van der Waals surface area (Å²) in [5.41, 5.74) is 1.18. The van der Waals surface area contributed by atoms with Crippen molar-refractivity contribution >= 4 is 22.6 Å². The Balaban J connectivity index is 3.49. The van der Waals surface area contributed by atoms with Crippen LogP contribution in [0.1, 0.15) is 89.0 Å². The van der Waals surface area contributed by atoms with Crippen molar-refractivity contribution in [3.05, 3.63) is 36.1 Å². The predicted molar refractivity (Wildman–Crippen MR) is 193 cm³/mol. The Kier molecular flexibility index (Phi) is 15.7. The van der Waals surface area contributed by atoms with Crippen molar-refractivity contribution in [1.82, 2.24) is 0 Å². The second-order valence-electron chi connectivity index (χ2n) is 16.5. The minimum absolute atomic E-state index is 0.0110. The van der Waals surface area contributed by atoms with Crippen LogP contribution in [0.25, 0.3) is 0 Å². The maximum atomic E-state index is 12.3. The van der Waals surface area contributed by atoms with Crippen LogP contribution in [-0.2, 0) is 37.3 Å². The molecule has 1 heterocycles. The molecule has 6 atom stereocenters.